The molecule has 0 amide bonds. The van der Waals surface area contributed by atoms with Crippen LogP contribution in [0.4, 0.5) is 0 Å². The van der Waals surface area contributed by atoms with Crippen LogP contribution in [0.2, 0.25) is 0 Å². The van der Waals surface area contributed by atoms with Crippen LogP contribution in [0.25, 0.3) is 0 Å². The van der Waals surface area contributed by atoms with E-state index in [-0.39, 0.29) is 11.8 Å². The van der Waals surface area contributed by atoms with Gasteiger partial charge in [-0.3, -0.25) is 0 Å². The Kier molecular flexibility index (Phi) is 4.18. The van der Waals surface area contributed by atoms with Crippen molar-refractivity contribution in [3.63, 3.8) is 0 Å². The van der Waals surface area contributed by atoms with Gasteiger partial charge in [-0.25, -0.2) is 0 Å². The molecule has 0 aliphatic rings. The summed E-state index contributed by atoms with van der Waals surface area (Å²) < 4.78 is 5.00. The van der Waals surface area contributed by atoms with Crippen LogP contribution in [-0.4, -0.2) is 18.3 Å². The zero-order chi connectivity index (χ0) is 11.3. The van der Waals surface area contributed by atoms with Gasteiger partial charge in [-0.1, -0.05) is 12.1 Å². The fraction of sp³-hybridized carbons (Fsp3) is 0.333. The largest absolute Gasteiger partial charge is 0.507 e. The van der Waals surface area contributed by atoms with Gasteiger partial charge in [0.25, 0.3) is 0 Å². The summed E-state index contributed by atoms with van der Waals surface area (Å²) >= 11 is 0. The number of aromatic hydroxyl groups is 1. The molecule has 1 unspecified atom stereocenters. The molecule has 0 spiro atoms. The summed E-state index contributed by atoms with van der Waals surface area (Å²) in [4.78, 5) is 0. The Labute approximate surface area is 90.4 Å². The standard InChI is InChI=1S/C12H17NO2/c1-4-9(2)13-8-10-5-6-11(15-3)7-12(10)14/h4-7,9,13-14H,1,8H2,2-3H3. The first kappa shape index (κ1) is 11.6. The lowest BCUT2D eigenvalue weighted by atomic mass is 10.2. The number of ether oxygens (including phenoxy) is 1. The quantitative estimate of drug-likeness (QED) is 0.726. The van der Waals surface area contributed by atoms with Crippen LogP contribution in [-0.2, 0) is 6.54 Å². The lowest BCUT2D eigenvalue weighted by molar-refractivity contribution is 0.405. The number of phenols is 1. The number of rotatable bonds is 5. The number of benzene rings is 1. The van der Waals surface area contributed by atoms with Crippen molar-refractivity contribution in [2.45, 2.75) is 19.5 Å². The Morgan fingerprint density at radius 3 is 2.87 bits per heavy atom. The maximum absolute atomic E-state index is 9.66. The molecule has 1 atom stereocenters. The van der Waals surface area contributed by atoms with E-state index in [1.165, 1.54) is 0 Å². The fourth-order valence-corrected chi connectivity index (χ4v) is 1.17. The molecule has 3 heteroatoms. The average molecular weight is 207 g/mol. The predicted molar refractivity (Wildman–Crippen MR) is 61.2 cm³/mol. The van der Waals surface area contributed by atoms with E-state index in [1.807, 2.05) is 25.1 Å². The topological polar surface area (TPSA) is 41.5 Å². The number of phenolic OH excluding ortho intramolecular Hbond substituents is 1. The molecular weight excluding hydrogens is 190 g/mol. The van der Waals surface area contributed by atoms with Crippen LogP contribution in [0.5, 0.6) is 11.5 Å². The number of hydrogen-bond acceptors (Lipinski definition) is 3. The van der Waals surface area contributed by atoms with Crippen LogP contribution in [0.15, 0.2) is 30.9 Å². The van der Waals surface area contributed by atoms with Gasteiger partial charge in [-0.05, 0) is 13.0 Å². The van der Waals surface area contributed by atoms with Crippen LogP contribution < -0.4 is 10.1 Å². The van der Waals surface area contributed by atoms with Gasteiger partial charge in [-0.2, -0.15) is 0 Å². The van der Waals surface area contributed by atoms with Gasteiger partial charge in [0, 0.05) is 24.2 Å². The van der Waals surface area contributed by atoms with E-state index >= 15 is 0 Å². The van der Waals surface area contributed by atoms with Crippen molar-refractivity contribution in [2.24, 2.45) is 0 Å². The monoisotopic (exact) mass is 207 g/mol. The highest BCUT2D eigenvalue weighted by molar-refractivity contribution is 5.39. The summed E-state index contributed by atoms with van der Waals surface area (Å²) in [6, 6.07) is 5.51. The first-order chi connectivity index (χ1) is 7.17. The van der Waals surface area contributed by atoms with E-state index in [4.69, 9.17) is 4.74 Å². The minimum Gasteiger partial charge on any atom is -0.507 e. The molecule has 0 aliphatic carbocycles. The molecule has 82 valence electrons. The summed E-state index contributed by atoms with van der Waals surface area (Å²) in [5.41, 5.74) is 0.851. The summed E-state index contributed by atoms with van der Waals surface area (Å²) in [6.07, 6.45) is 1.82. The summed E-state index contributed by atoms with van der Waals surface area (Å²) in [5, 5.41) is 12.9. The smallest absolute Gasteiger partial charge is 0.123 e. The molecule has 3 nitrogen and oxygen atoms in total. The first-order valence-corrected chi connectivity index (χ1v) is 4.89. The zero-order valence-corrected chi connectivity index (χ0v) is 9.16. The third-order valence-electron chi connectivity index (χ3n) is 2.26. The second kappa shape index (κ2) is 5.41. The molecule has 1 aromatic rings. The Morgan fingerprint density at radius 2 is 2.33 bits per heavy atom. The highest BCUT2D eigenvalue weighted by atomic mass is 16.5. The van der Waals surface area contributed by atoms with Gasteiger partial charge in [0.1, 0.15) is 11.5 Å². The molecule has 2 N–H and O–H groups in total. The minimum atomic E-state index is 0.228. The average Bonchev–Trinajstić information content (AvgIpc) is 2.26. The van der Waals surface area contributed by atoms with Crippen molar-refractivity contribution in [3.05, 3.63) is 36.4 Å². The van der Waals surface area contributed by atoms with Crippen molar-refractivity contribution >= 4 is 0 Å². The maximum atomic E-state index is 9.66. The van der Waals surface area contributed by atoms with Crippen molar-refractivity contribution in [1.82, 2.24) is 5.32 Å². The highest BCUT2D eigenvalue weighted by Crippen LogP contribution is 2.23. The lowest BCUT2D eigenvalue weighted by Gasteiger charge is -2.11. The van der Waals surface area contributed by atoms with Gasteiger partial charge in [0.05, 0.1) is 7.11 Å². The summed E-state index contributed by atoms with van der Waals surface area (Å²) in [7, 11) is 1.58. The number of nitrogens with one attached hydrogen (secondary N) is 1. The zero-order valence-electron chi connectivity index (χ0n) is 9.16. The van der Waals surface area contributed by atoms with E-state index < -0.39 is 0 Å². The Hall–Kier alpha value is -1.48. The van der Waals surface area contributed by atoms with E-state index in [1.54, 1.807) is 13.2 Å². The fourth-order valence-electron chi connectivity index (χ4n) is 1.17. The first-order valence-electron chi connectivity index (χ1n) is 4.89. The number of hydrogen-bond donors (Lipinski definition) is 2. The maximum Gasteiger partial charge on any atom is 0.123 e. The third kappa shape index (κ3) is 3.29. The van der Waals surface area contributed by atoms with Crippen LogP contribution in [0, 0.1) is 0 Å². The Bertz CT molecular complexity index is 336. The molecule has 0 fully saturated rings. The Balaban J connectivity index is 2.65. The van der Waals surface area contributed by atoms with Crippen LogP contribution >= 0.6 is 0 Å². The molecular formula is C12H17NO2. The molecule has 0 saturated heterocycles. The van der Waals surface area contributed by atoms with Gasteiger partial charge in [0.15, 0.2) is 0 Å². The van der Waals surface area contributed by atoms with Crippen LogP contribution in [0.1, 0.15) is 12.5 Å². The molecule has 0 saturated carbocycles. The molecule has 1 aromatic carbocycles. The molecule has 1 rings (SSSR count). The lowest BCUT2D eigenvalue weighted by Crippen LogP contribution is -2.22. The second-order valence-electron chi connectivity index (χ2n) is 3.40. The summed E-state index contributed by atoms with van der Waals surface area (Å²) in [5.74, 6) is 0.908. The highest BCUT2D eigenvalue weighted by Gasteiger charge is 2.03. The van der Waals surface area contributed by atoms with E-state index in [0.717, 1.165) is 5.56 Å². The molecule has 15 heavy (non-hydrogen) atoms. The van der Waals surface area contributed by atoms with Crippen LogP contribution in [0.3, 0.4) is 0 Å². The van der Waals surface area contributed by atoms with E-state index in [9.17, 15) is 5.11 Å². The summed E-state index contributed by atoms with van der Waals surface area (Å²) in [6.45, 7) is 6.30. The number of methoxy groups -OCH3 is 1. The SMILES string of the molecule is C=CC(C)NCc1ccc(OC)cc1O. The van der Waals surface area contributed by atoms with Gasteiger partial charge < -0.3 is 15.2 Å². The minimum absolute atomic E-state index is 0.228. The molecule has 0 heterocycles. The van der Waals surface area contributed by atoms with Gasteiger partial charge in [-0.15, -0.1) is 6.58 Å². The molecule has 0 aliphatic heterocycles. The second-order valence-corrected chi connectivity index (χ2v) is 3.40. The van der Waals surface area contributed by atoms with Gasteiger partial charge >= 0.3 is 0 Å². The molecule has 0 radical (unpaired) electrons. The van der Waals surface area contributed by atoms with E-state index in [0.29, 0.717) is 12.3 Å². The Morgan fingerprint density at radius 1 is 1.60 bits per heavy atom. The van der Waals surface area contributed by atoms with Gasteiger partial charge in [0.2, 0.25) is 0 Å². The van der Waals surface area contributed by atoms with Crippen molar-refractivity contribution in [3.8, 4) is 11.5 Å². The third-order valence-corrected chi connectivity index (χ3v) is 2.26. The van der Waals surface area contributed by atoms with Crippen molar-refractivity contribution < 1.29 is 9.84 Å². The predicted octanol–water partition coefficient (Wildman–Crippen LogP) is 2.06. The normalized spacial score (nSPS) is 12.1. The molecule has 0 aromatic heterocycles. The van der Waals surface area contributed by atoms with Crippen molar-refractivity contribution in [1.29, 1.82) is 0 Å². The van der Waals surface area contributed by atoms with Crippen molar-refractivity contribution in [2.75, 3.05) is 7.11 Å². The van der Waals surface area contributed by atoms with E-state index in [2.05, 4.69) is 11.9 Å². The molecule has 0 bridgehead atoms.